The van der Waals surface area contributed by atoms with Gasteiger partial charge in [0.1, 0.15) is 6.61 Å². The summed E-state index contributed by atoms with van der Waals surface area (Å²) in [7, 11) is 4.22. The highest BCUT2D eigenvalue weighted by Gasteiger charge is 2.09. The summed E-state index contributed by atoms with van der Waals surface area (Å²) in [5.41, 5.74) is 2.25. The van der Waals surface area contributed by atoms with Gasteiger partial charge < -0.3 is 10.0 Å². The Balaban J connectivity index is 2.72. The highest BCUT2D eigenvalue weighted by atomic mass is 16.2. The standard InChI is InChI=1S/C18H28N2O/c1-16(2)14-20(11-10-19(3)4)15-18-8-5-7-17(13-18)9-6-12-21/h5,7-8,13,16,21H,10-12,14-15H2,1-4H3. The van der Waals surface area contributed by atoms with Crippen LogP contribution >= 0.6 is 0 Å². The Hall–Kier alpha value is -1.34. The maximum absolute atomic E-state index is 8.78. The number of benzene rings is 1. The van der Waals surface area contributed by atoms with E-state index in [0.29, 0.717) is 5.92 Å². The average Bonchev–Trinajstić information content (AvgIpc) is 2.42. The molecule has 0 saturated heterocycles. The van der Waals surface area contributed by atoms with E-state index in [1.54, 1.807) is 0 Å². The van der Waals surface area contributed by atoms with Crippen LogP contribution in [0.3, 0.4) is 0 Å². The molecule has 0 saturated carbocycles. The van der Waals surface area contributed by atoms with Crippen molar-refractivity contribution in [2.75, 3.05) is 40.3 Å². The summed E-state index contributed by atoms with van der Waals surface area (Å²) in [4.78, 5) is 4.71. The first-order chi connectivity index (χ1) is 10.0. The average molecular weight is 288 g/mol. The largest absolute Gasteiger partial charge is 0.384 e. The molecule has 3 nitrogen and oxygen atoms in total. The molecule has 0 atom stereocenters. The lowest BCUT2D eigenvalue weighted by Crippen LogP contribution is -2.34. The van der Waals surface area contributed by atoms with Crippen molar-refractivity contribution in [2.45, 2.75) is 20.4 Å². The van der Waals surface area contributed by atoms with Crippen molar-refractivity contribution in [1.82, 2.24) is 9.80 Å². The first-order valence-electron chi connectivity index (χ1n) is 7.57. The fourth-order valence-electron chi connectivity index (χ4n) is 2.24. The Labute approximate surface area is 129 Å². The Morgan fingerprint density at radius 1 is 1.19 bits per heavy atom. The molecule has 0 radical (unpaired) electrons. The number of rotatable bonds is 7. The van der Waals surface area contributed by atoms with Crippen molar-refractivity contribution < 1.29 is 5.11 Å². The van der Waals surface area contributed by atoms with Crippen molar-refractivity contribution in [1.29, 1.82) is 0 Å². The van der Waals surface area contributed by atoms with Gasteiger partial charge in [-0.25, -0.2) is 0 Å². The zero-order valence-corrected chi connectivity index (χ0v) is 13.8. The normalized spacial score (nSPS) is 11.0. The second kappa shape index (κ2) is 9.57. The van der Waals surface area contributed by atoms with Gasteiger partial charge in [0, 0.05) is 31.7 Å². The Bertz CT molecular complexity index is 472. The van der Waals surface area contributed by atoms with Crippen LogP contribution in [-0.4, -0.2) is 55.2 Å². The fourth-order valence-corrected chi connectivity index (χ4v) is 2.24. The van der Waals surface area contributed by atoms with Crippen molar-refractivity contribution in [3.63, 3.8) is 0 Å². The first kappa shape index (κ1) is 17.7. The minimum absolute atomic E-state index is 0.0907. The molecule has 1 aromatic rings. The molecule has 1 N–H and O–H groups in total. The number of hydrogen-bond donors (Lipinski definition) is 1. The lowest BCUT2D eigenvalue weighted by atomic mass is 10.1. The smallest absolute Gasteiger partial charge is 0.104 e. The van der Waals surface area contributed by atoms with Crippen LogP contribution in [-0.2, 0) is 6.54 Å². The van der Waals surface area contributed by atoms with Crippen LogP contribution in [0.15, 0.2) is 24.3 Å². The lowest BCUT2D eigenvalue weighted by molar-refractivity contribution is 0.212. The summed E-state index contributed by atoms with van der Waals surface area (Å²) in [5, 5.41) is 8.78. The molecule has 1 rings (SSSR count). The van der Waals surface area contributed by atoms with E-state index in [-0.39, 0.29) is 6.61 Å². The minimum atomic E-state index is -0.0907. The van der Waals surface area contributed by atoms with E-state index in [1.165, 1.54) is 5.56 Å². The van der Waals surface area contributed by atoms with Crippen molar-refractivity contribution in [3.05, 3.63) is 35.4 Å². The molecule has 21 heavy (non-hydrogen) atoms. The summed E-state index contributed by atoms with van der Waals surface area (Å²) in [6.45, 7) is 8.60. The molecular weight excluding hydrogens is 260 g/mol. The molecule has 0 bridgehead atoms. The van der Waals surface area contributed by atoms with Gasteiger partial charge in [-0.2, -0.15) is 0 Å². The lowest BCUT2D eigenvalue weighted by Gasteiger charge is -2.26. The third-order valence-electron chi connectivity index (χ3n) is 3.13. The van der Waals surface area contributed by atoms with Gasteiger partial charge in [0.05, 0.1) is 0 Å². The van der Waals surface area contributed by atoms with E-state index < -0.39 is 0 Å². The van der Waals surface area contributed by atoms with Crippen LogP contribution in [0, 0.1) is 17.8 Å². The fraction of sp³-hybridized carbons (Fsp3) is 0.556. The van der Waals surface area contributed by atoms with Crippen LogP contribution in [0.4, 0.5) is 0 Å². The Morgan fingerprint density at radius 3 is 2.57 bits per heavy atom. The number of hydrogen-bond acceptors (Lipinski definition) is 3. The summed E-state index contributed by atoms with van der Waals surface area (Å²) >= 11 is 0. The predicted molar refractivity (Wildman–Crippen MR) is 89.1 cm³/mol. The van der Waals surface area contributed by atoms with E-state index in [1.807, 2.05) is 12.1 Å². The SMILES string of the molecule is CC(C)CN(CCN(C)C)Cc1cccc(C#CCO)c1. The van der Waals surface area contributed by atoms with E-state index >= 15 is 0 Å². The molecular formula is C18H28N2O. The van der Waals surface area contributed by atoms with Crippen molar-refractivity contribution >= 4 is 0 Å². The number of likely N-dealkylation sites (N-methyl/N-ethyl adjacent to an activating group) is 1. The topological polar surface area (TPSA) is 26.7 Å². The number of nitrogens with zero attached hydrogens (tertiary/aromatic N) is 2. The van der Waals surface area contributed by atoms with Gasteiger partial charge in [0.2, 0.25) is 0 Å². The van der Waals surface area contributed by atoms with Gasteiger partial charge in [-0.15, -0.1) is 0 Å². The quantitative estimate of drug-likeness (QED) is 0.778. The summed E-state index contributed by atoms with van der Waals surface area (Å²) in [6.07, 6.45) is 0. The van der Waals surface area contributed by atoms with Gasteiger partial charge in [-0.3, -0.25) is 4.90 Å². The Kier molecular flexibility index (Phi) is 8.07. The van der Waals surface area contributed by atoms with Gasteiger partial charge in [-0.05, 0) is 37.7 Å². The van der Waals surface area contributed by atoms with E-state index in [2.05, 4.69) is 61.7 Å². The molecule has 0 amide bonds. The second-order valence-electron chi connectivity index (χ2n) is 6.09. The molecule has 0 aliphatic rings. The Morgan fingerprint density at radius 2 is 1.95 bits per heavy atom. The second-order valence-corrected chi connectivity index (χ2v) is 6.09. The third kappa shape index (κ3) is 7.87. The number of aliphatic hydroxyl groups excluding tert-OH is 1. The molecule has 0 aromatic heterocycles. The third-order valence-corrected chi connectivity index (χ3v) is 3.13. The molecule has 1 aromatic carbocycles. The molecule has 116 valence electrons. The van der Waals surface area contributed by atoms with Crippen molar-refractivity contribution in [3.8, 4) is 11.8 Å². The molecule has 0 unspecified atom stereocenters. The summed E-state index contributed by atoms with van der Waals surface area (Å²) < 4.78 is 0. The molecule has 3 heteroatoms. The highest BCUT2D eigenvalue weighted by molar-refractivity contribution is 5.37. The summed E-state index contributed by atoms with van der Waals surface area (Å²) in [5.74, 6) is 6.33. The monoisotopic (exact) mass is 288 g/mol. The van der Waals surface area contributed by atoms with Gasteiger partial charge in [0.15, 0.2) is 0 Å². The van der Waals surface area contributed by atoms with Gasteiger partial charge in [0.25, 0.3) is 0 Å². The summed E-state index contributed by atoms with van der Waals surface area (Å²) in [6, 6.07) is 8.29. The van der Waals surface area contributed by atoms with Crippen molar-refractivity contribution in [2.24, 2.45) is 5.92 Å². The highest BCUT2D eigenvalue weighted by Crippen LogP contribution is 2.10. The van der Waals surface area contributed by atoms with Crippen LogP contribution in [0.5, 0.6) is 0 Å². The maximum Gasteiger partial charge on any atom is 0.104 e. The molecule has 0 aliphatic heterocycles. The van der Waals surface area contributed by atoms with Gasteiger partial charge in [-0.1, -0.05) is 37.8 Å². The first-order valence-corrected chi connectivity index (χ1v) is 7.57. The van der Waals surface area contributed by atoms with Gasteiger partial charge >= 0.3 is 0 Å². The van der Waals surface area contributed by atoms with E-state index in [0.717, 1.165) is 31.7 Å². The zero-order valence-electron chi connectivity index (χ0n) is 13.8. The molecule has 0 aliphatic carbocycles. The molecule has 0 spiro atoms. The predicted octanol–water partition coefficient (Wildman–Crippen LogP) is 2.05. The molecule has 0 heterocycles. The van der Waals surface area contributed by atoms with Crippen LogP contribution in [0.1, 0.15) is 25.0 Å². The van der Waals surface area contributed by atoms with Crippen LogP contribution < -0.4 is 0 Å². The van der Waals surface area contributed by atoms with E-state index in [4.69, 9.17) is 5.11 Å². The zero-order chi connectivity index (χ0) is 15.7. The maximum atomic E-state index is 8.78. The van der Waals surface area contributed by atoms with Crippen LogP contribution in [0.25, 0.3) is 0 Å². The molecule has 0 fully saturated rings. The number of aliphatic hydroxyl groups is 1. The van der Waals surface area contributed by atoms with Crippen LogP contribution in [0.2, 0.25) is 0 Å². The minimum Gasteiger partial charge on any atom is -0.384 e. The van der Waals surface area contributed by atoms with E-state index in [9.17, 15) is 0 Å².